The molecule has 3 heterocycles. The Morgan fingerprint density at radius 2 is 1.58 bits per heavy atom. The third-order valence-corrected chi connectivity index (χ3v) is 10.3. The van der Waals surface area contributed by atoms with Gasteiger partial charge in [0.1, 0.15) is 0 Å². The van der Waals surface area contributed by atoms with Gasteiger partial charge in [-0.2, -0.15) is 0 Å². The van der Waals surface area contributed by atoms with Crippen molar-refractivity contribution in [3.8, 4) is 5.69 Å². The van der Waals surface area contributed by atoms with Crippen molar-refractivity contribution >= 4 is 77.7 Å². The summed E-state index contributed by atoms with van der Waals surface area (Å²) in [6.07, 6.45) is 10.5. The molecule has 0 saturated heterocycles. The summed E-state index contributed by atoms with van der Waals surface area (Å²) in [7, 11) is 0. The quantitative estimate of drug-likeness (QED) is 0.165. The van der Waals surface area contributed by atoms with Crippen LogP contribution in [-0.4, -0.2) is 9.55 Å². The number of anilines is 1. The van der Waals surface area contributed by atoms with Gasteiger partial charge in [-0.1, -0.05) is 92.0 Å². The van der Waals surface area contributed by atoms with Crippen LogP contribution in [0.4, 0.5) is 5.69 Å². The van der Waals surface area contributed by atoms with E-state index in [0.717, 1.165) is 44.9 Å². The van der Waals surface area contributed by atoms with E-state index in [-0.39, 0.29) is 0 Å². The summed E-state index contributed by atoms with van der Waals surface area (Å²) in [5, 5.41) is 4.90. The third-order valence-electron chi connectivity index (χ3n) is 9.23. The van der Waals surface area contributed by atoms with E-state index in [2.05, 4.69) is 175 Å². The first-order valence-electron chi connectivity index (χ1n) is 16.2. The van der Waals surface area contributed by atoms with Crippen molar-refractivity contribution in [1.82, 2.24) is 9.55 Å². The van der Waals surface area contributed by atoms with Crippen molar-refractivity contribution in [2.45, 2.75) is 13.8 Å². The number of aromatic amines is 1. The summed E-state index contributed by atoms with van der Waals surface area (Å²) in [5.41, 5.74) is 11.0. The number of hydrogen-bond donors (Lipinski definition) is 1. The molecule has 8 aromatic rings. The normalized spacial score (nSPS) is 12.4. The first-order chi connectivity index (χ1) is 23.6. The zero-order valence-corrected chi connectivity index (χ0v) is 27.9. The van der Waals surface area contributed by atoms with Gasteiger partial charge in [-0.15, -0.1) is 11.3 Å². The van der Waals surface area contributed by atoms with E-state index in [0.29, 0.717) is 0 Å². The highest BCUT2D eigenvalue weighted by atomic mass is 32.1. The molecule has 0 aliphatic heterocycles. The maximum Gasteiger partial charge on any atom is 0.0536 e. The number of nitrogens with zero attached hydrogens (tertiary/aromatic N) is 2. The molecular weight excluding hydrogens is 603 g/mol. The molecule has 3 aromatic heterocycles. The van der Waals surface area contributed by atoms with Gasteiger partial charge in [0.05, 0.1) is 5.52 Å². The lowest BCUT2D eigenvalue weighted by molar-refractivity contribution is 1.12. The fraction of sp³-hybridized carbons (Fsp3) is 0.0455. The molecule has 0 spiro atoms. The largest absolute Gasteiger partial charge is 0.354 e. The molecule has 0 amide bonds. The van der Waals surface area contributed by atoms with Gasteiger partial charge in [0.2, 0.25) is 0 Å². The Kier molecular flexibility index (Phi) is 7.43. The number of para-hydroxylation sites is 1. The molecule has 0 fully saturated rings. The van der Waals surface area contributed by atoms with Crippen molar-refractivity contribution in [3.05, 3.63) is 174 Å². The molecule has 5 aromatic carbocycles. The first kappa shape index (κ1) is 29.6. The van der Waals surface area contributed by atoms with Crippen LogP contribution in [0.25, 0.3) is 66.3 Å². The fourth-order valence-corrected chi connectivity index (χ4v) is 8.00. The number of allylic oxidation sites excluding steroid dienone is 2. The summed E-state index contributed by atoms with van der Waals surface area (Å²) < 4.78 is 3.57. The topological polar surface area (TPSA) is 24.0 Å². The minimum Gasteiger partial charge on any atom is -0.354 e. The minimum atomic E-state index is 0.989. The maximum absolute atomic E-state index is 4.35. The standard InChI is InChI=1S/C44H35N3S/c1-5-30-15-8-9-18-35(30)42(7-3)47(32(6-2)27-38-29(4)48-44-22-13-11-20-37(38)44)34-17-14-16-33(26-34)46-24-23-31-25-41-39(28-43(31)46)36-19-10-12-21-40(36)45-41/h5-28,45H,1-2H2,3-4H3/b32-27+,42-7+. The van der Waals surface area contributed by atoms with E-state index in [4.69, 9.17) is 0 Å². The van der Waals surface area contributed by atoms with E-state index in [9.17, 15) is 0 Å². The number of benzene rings is 5. The smallest absolute Gasteiger partial charge is 0.0536 e. The van der Waals surface area contributed by atoms with Crippen LogP contribution < -0.4 is 4.90 Å². The van der Waals surface area contributed by atoms with Crippen LogP contribution >= 0.6 is 11.3 Å². The highest BCUT2D eigenvalue weighted by Crippen LogP contribution is 2.38. The highest BCUT2D eigenvalue weighted by Gasteiger charge is 2.21. The van der Waals surface area contributed by atoms with Crippen LogP contribution in [0.1, 0.15) is 28.5 Å². The Balaban J connectivity index is 1.33. The van der Waals surface area contributed by atoms with Crippen LogP contribution in [0, 0.1) is 6.92 Å². The lowest BCUT2D eigenvalue weighted by Gasteiger charge is -2.30. The molecule has 3 nitrogen and oxygen atoms in total. The molecule has 0 bridgehead atoms. The van der Waals surface area contributed by atoms with Crippen LogP contribution in [0.5, 0.6) is 0 Å². The van der Waals surface area contributed by atoms with E-state index in [1.54, 1.807) is 0 Å². The van der Waals surface area contributed by atoms with Crippen LogP contribution in [-0.2, 0) is 0 Å². The third kappa shape index (κ3) is 4.90. The van der Waals surface area contributed by atoms with Crippen LogP contribution in [0.2, 0.25) is 0 Å². The number of H-pyrrole nitrogens is 1. The zero-order valence-electron chi connectivity index (χ0n) is 27.1. The van der Waals surface area contributed by atoms with Gasteiger partial charge in [0.25, 0.3) is 0 Å². The van der Waals surface area contributed by atoms with Crippen molar-refractivity contribution in [2.75, 3.05) is 4.90 Å². The highest BCUT2D eigenvalue weighted by molar-refractivity contribution is 7.19. The van der Waals surface area contributed by atoms with Crippen LogP contribution in [0.15, 0.2) is 152 Å². The molecule has 48 heavy (non-hydrogen) atoms. The van der Waals surface area contributed by atoms with Crippen molar-refractivity contribution in [3.63, 3.8) is 0 Å². The monoisotopic (exact) mass is 637 g/mol. The van der Waals surface area contributed by atoms with Gasteiger partial charge in [0, 0.05) is 76.7 Å². The lowest BCUT2D eigenvalue weighted by Crippen LogP contribution is -2.20. The molecule has 0 atom stereocenters. The predicted molar refractivity (Wildman–Crippen MR) is 210 cm³/mol. The number of hydrogen-bond acceptors (Lipinski definition) is 2. The molecular formula is C44H35N3S. The molecule has 232 valence electrons. The van der Waals surface area contributed by atoms with Gasteiger partial charge >= 0.3 is 0 Å². The summed E-state index contributed by atoms with van der Waals surface area (Å²) in [4.78, 5) is 7.20. The van der Waals surface area contributed by atoms with Gasteiger partial charge < -0.3 is 14.5 Å². The van der Waals surface area contributed by atoms with E-state index >= 15 is 0 Å². The van der Waals surface area contributed by atoms with Gasteiger partial charge in [-0.25, -0.2) is 0 Å². The van der Waals surface area contributed by atoms with Crippen molar-refractivity contribution in [1.29, 1.82) is 0 Å². The minimum absolute atomic E-state index is 0.989. The molecule has 1 N–H and O–H groups in total. The molecule has 0 unspecified atom stereocenters. The van der Waals surface area contributed by atoms with E-state index in [1.165, 1.54) is 42.2 Å². The first-order valence-corrected chi connectivity index (χ1v) is 17.0. The summed E-state index contributed by atoms with van der Waals surface area (Å²) in [6, 6.07) is 41.1. The van der Waals surface area contributed by atoms with E-state index < -0.39 is 0 Å². The predicted octanol–water partition coefficient (Wildman–Crippen LogP) is 12.5. The number of fused-ring (bicyclic) bond motifs is 5. The lowest BCUT2D eigenvalue weighted by atomic mass is 10.0. The molecule has 0 aliphatic rings. The Hall–Kier alpha value is -5.84. The van der Waals surface area contributed by atoms with Crippen LogP contribution in [0.3, 0.4) is 0 Å². The maximum atomic E-state index is 4.35. The SMILES string of the molecule is C=C/C(=C\c1c(C)sc2ccccc12)N(/C(=C/C)c1ccccc1C=C)c1cccc(-n2ccc3cc4[nH]c5ccccc5c4cc32)c1. The second kappa shape index (κ2) is 12.1. The number of nitrogens with one attached hydrogen (secondary N) is 1. The Bertz CT molecular complexity index is 2590. The number of thiophene rings is 1. The molecule has 0 aliphatic carbocycles. The zero-order chi connectivity index (χ0) is 32.8. The second-order valence-corrected chi connectivity index (χ2v) is 13.2. The van der Waals surface area contributed by atoms with E-state index in [1.807, 2.05) is 23.5 Å². The van der Waals surface area contributed by atoms with Gasteiger partial charge in [-0.05, 0) is 85.7 Å². The van der Waals surface area contributed by atoms with Gasteiger partial charge in [-0.3, -0.25) is 0 Å². The fourth-order valence-electron chi connectivity index (χ4n) is 6.96. The summed E-state index contributed by atoms with van der Waals surface area (Å²) >= 11 is 1.83. The summed E-state index contributed by atoms with van der Waals surface area (Å²) in [5.74, 6) is 0. The number of rotatable bonds is 8. The average molecular weight is 638 g/mol. The average Bonchev–Trinajstić information content (AvgIpc) is 3.81. The number of aryl methyl sites for hydroxylation is 1. The molecule has 4 heteroatoms. The molecule has 8 rings (SSSR count). The number of aromatic nitrogens is 2. The Labute approximate surface area is 284 Å². The summed E-state index contributed by atoms with van der Waals surface area (Å²) in [6.45, 7) is 12.8. The second-order valence-electron chi connectivity index (χ2n) is 12.0. The molecule has 0 radical (unpaired) electrons. The molecule has 0 saturated carbocycles. The van der Waals surface area contributed by atoms with Crippen molar-refractivity contribution in [2.24, 2.45) is 0 Å². The van der Waals surface area contributed by atoms with Crippen molar-refractivity contribution < 1.29 is 0 Å². The van der Waals surface area contributed by atoms with Gasteiger partial charge in [0.15, 0.2) is 0 Å². The Morgan fingerprint density at radius 3 is 2.42 bits per heavy atom. The Morgan fingerprint density at radius 1 is 0.792 bits per heavy atom.